The van der Waals surface area contributed by atoms with Crippen molar-refractivity contribution in [2.45, 2.75) is 32.0 Å². The van der Waals surface area contributed by atoms with E-state index >= 15 is 0 Å². The summed E-state index contributed by atoms with van der Waals surface area (Å²) in [4.78, 5) is 26.5. The highest BCUT2D eigenvalue weighted by molar-refractivity contribution is 6.25. The molecule has 0 saturated carbocycles. The van der Waals surface area contributed by atoms with Crippen LogP contribution in [0, 0.1) is 5.82 Å². The van der Waals surface area contributed by atoms with E-state index in [4.69, 9.17) is 0 Å². The van der Waals surface area contributed by atoms with E-state index in [1.165, 1.54) is 29.8 Å². The van der Waals surface area contributed by atoms with Crippen LogP contribution < -0.4 is 4.90 Å². The molecule has 7 heteroatoms. The molecular weight excluding hydrogens is 335 g/mol. The number of halogens is 1. The van der Waals surface area contributed by atoms with Crippen LogP contribution >= 0.6 is 0 Å². The highest BCUT2D eigenvalue weighted by Crippen LogP contribution is 2.32. The summed E-state index contributed by atoms with van der Waals surface area (Å²) >= 11 is 0. The van der Waals surface area contributed by atoms with Gasteiger partial charge in [-0.2, -0.15) is 5.11 Å². The van der Waals surface area contributed by atoms with E-state index in [2.05, 4.69) is 17.3 Å². The van der Waals surface area contributed by atoms with E-state index in [9.17, 15) is 14.0 Å². The van der Waals surface area contributed by atoms with Gasteiger partial charge in [0.2, 0.25) is 0 Å². The molecule has 2 aromatic rings. The van der Waals surface area contributed by atoms with Crippen LogP contribution in [-0.2, 0) is 22.6 Å². The summed E-state index contributed by atoms with van der Waals surface area (Å²) in [5.41, 5.74) is 2.56. The second-order valence-electron chi connectivity index (χ2n) is 6.35. The Bertz CT molecular complexity index is 879. The van der Waals surface area contributed by atoms with Crippen LogP contribution in [0.4, 0.5) is 10.1 Å². The molecule has 132 valence electrons. The van der Waals surface area contributed by atoms with Crippen LogP contribution in [0.15, 0.2) is 58.9 Å². The molecular formula is C19H17FN4O2. The topological polar surface area (TPSA) is 65.3 Å². The molecule has 4 rings (SSSR count). The first-order chi connectivity index (χ1) is 12.6. The molecule has 2 aliphatic rings. The van der Waals surface area contributed by atoms with Crippen molar-refractivity contribution in [1.29, 1.82) is 0 Å². The van der Waals surface area contributed by atoms with E-state index in [-0.39, 0.29) is 5.91 Å². The molecule has 0 aromatic heterocycles. The number of rotatable bonds is 4. The van der Waals surface area contributed by atoms with E-state index in [1.54, 1.807) is 5.01 Å². The molecule has 26 heavy (non-hydrogen) atoms. The molecule has 0 N–H and O–H groups in total. The number of fused-ring (bicyclic) bond motifs is 1. The van der Waals surface area contributed by atoms with Crippen LogP contribution in [0.1, 0.15) is 18.1 Å². The monoisotopic (exact) mass is 352 g/mol. The molecule has 1 fully saturated rings. The molecule has 2 aromatic carbocycles. The number of aryl methyl sites for hydroxylation is 1. The van der Waals surface area contributed by atoms with E-state index in [0.717, 1.165) is 16.9 Å². The fraction of sp³-hybridized carbons (Fsp3) is 0.263. The average molecular weight is 352 g/mol. The number of hydrogen-bond donors (Lipinski definition) is 0. The van der Waals surface area contributed by atoms with Gasteiger partial charge in [0.1, 0.15) is 5.82 Å². The fourth-order valence-electron chi connectivity index (χ4n) is 3.27. The summed E-state index contributed by atoms with van der Waals surface area (Å²) < 4.78 is 13.1. The summed E-state index contributed by atoms with van der Waals surface area (Å²) in [6.45, 7) is 2.48. The molecule has 2 atom stereocenters. The second-order valence-corrected chi connectivity index (χ2v) is 6.35. The van der Waals surface area contributed by atoms with Crippen molar-refractivity contribution in [2.75, 3.05) is 4.90 Å². The minimum absolute atomic E-state index is 0.346. The van der Waals surface area contributed by atoms with Gasteiger partial charge in [0.25, 0.3) is 11.8 Å². The normalized spacial score (nSPS) is 21.6. The number of imide groups is 1. The molecule has 0 aliphatic carbocycles. The molecule has 2 heterocycles. The lowest BCUT2D eigenvalue weighted by molar-refractivity contribution is -0.123. The van der Waals surface area contributed by atoms with E-state index in [1.807, 2.05) is 24.3 Å². The quantitative estimate of drug-likeness (QED) is 0.795. The maximum Gasteiger partial charge on any atom is 0.263 e. The van der Waals surface area contributed by atoms with E-state index in [0.29, 0.717) is 12.2 Å². The predicted octanol–water partition coefficient (Wildman–Crippen LogP) is 2.88. The standard InChI is InChI=1S/C19H17FN4O2/c1-2-12-3-5-13(6-4-12)11-23-17-16(21-22-23)18(25)24(19(17)26)15-9-7-14(20)8-10-15/h3-10,16-17H,2,11H2,1H3/t16-,17+/m0/s1. The number of hydrogen-bond acceptors (Lipinski definition) is 5. The van der Waals surface area contributed by atoms with Gasteiger partial charge in [-0.25, -0.2) is 9.29 Å². The average Bonchev–Trinajstić information content (AvgIpc) is 3.17. The van der Waals surface area contributed by atoms with Gasteiger partial charge in [-0.05, 0) is 41.8 Å². The van der Waals surface area contributed by atoms with Crippen molar-refractivity contribution in [1.82, 2.24) is 5.01 Å². The van der Waals surface area contributed by atoms with Crippen LogP contribution in [0.3, 0.4) is 0 Å². The third-order valence-electron chi connectivity index (χ3n) is 4.72. The van der Waals surface area contributed by atoms with Crippen molar-refractivity contribution in [3.05, 3.63) is 65.5 Å². The van der Waals surface area contributed by atoms with Crippen molar-refractivity contribution in [2.24, 2.45) is 10.3 Å². The Balaban J connectivity index is 1.56. The number of carbonyl (C=O) groups excluding carboxylic acids is 2. The number of carbonyl (C=O) groups is 2. The molecule has 0 bridgehead atoms. The van der Waals surface area contributed by atoms with Crippen LogP contribution in [-0.4, -0.2) is 28.9 Å². The van der Waals surface area contributed by atoms with Gasteiger partial charge in [0, 0.05) is 0 Å². The summed E-state index contributed by atoms with van der Waals surface area (Å²) in [5, 5.41) is 9.58. The lowest BCUT2D eigenvalue weighted by Crippen LogP contribution is -2.39. The van der Waals surface area contributed by atoms with Crippen LogP contribution in [0.25, 0.3) is 0 Å². The van der Waals surface area contributed by atoms with Gasteiger partial charge in [0.15, 0.2) is 12.1 Å². The predicted molar refractivity (Wildman–Crippen MR) is 92.7 cm³/mol. The first-order valence-corrected chi connectivity index (χ1v) is 8.47. The zero-order chi connectivity index (χ0) is 18.3. The Kier molecular flexibility index (Phi) is 3.99. The Morgan fingerprint density at radius 2 is 1.62 bits per heavy atom. The van der Waals surface area contributed by atoms with Gasteiger partial charge in [-0.3, -0.25) is 14.6 Å². The molecule has 1 saturated heterocycles. The molecule has 6 nitrogen and oxygen atoms in total. The lowest BCUT2D eigenvalue weighted by Gasteiger charge is -2.20. The Morgan fingerprint density at radius 1 is 0.962 bits per heavy atom. The van der Waals surface area contributed by atoms with Crippen LogP contribution in [0.5, 0.6) is 0 Å². The smallest absolute Gasteiger partial charge is 0.263 e. The number of anilines is 1. The maximum absolute atomic E-state index is 13.1. The summed E-state index contributed by atoms with van der Waals surface area (Å²) in [6.07, 6.45) is 0.952. The first-order valence-electron chi connectivity index (χ1n) is 8.47. The second kappa shape index (κ2) is 6.33. The van der Waals surface area contributed by atoms with Gasteiger partial charge < -0.3 is 0 Å². The third kappa shape index (κ3) is 2.65. The number of amides is 2. The van der Waals surface area contributed by atoms with Crippen molar-refractivity contribution >= 4 is 17.5 Å². The van der Waals surface area contributed by atoms with Gasteiger partial charge in [0.05, 0.1) is 12.2 Å². The molecule has 2 amide bonds. The third-order valence-corrected chi connectivity index (χ3v) is 4.72. The van der Waals surface area contributed by atoms with Crippen molar-refractivity contribution < 1.29 is 14.0 Å². The summed E-state index contributed by atoms with van der Waals surface area (Å²) in [6, 6.07) is 11.7. The zero-order valence-corrected chi connectivity index (χ0v) is 14.2. The highest BCUT2D eigenvalue weighted by atomic mass is 19.1. The lowest BCUT2D eigenvalue weighted by atomic mass is 10.1. The summed E-state index contributed by atoms with van der Waals surface area (Å²) in [7, 11) is 0. The van der Waals surface area contributed by atoms with Crippen molar-refractivity contribution in [3.63, 3.8) is 0 Å². The first kappa shape index (κ1) is 16.4. The van der Waals surface area contributed by atoms with Gasteiger partial charge in [-0.15, -0.1) is 0 Å². The fourth-order valence-corrected chi connectivity index (χ4v) is 3.27. The van der Waals surface area contributed by atoms with Gasteiger partial charge in [-0.1, -0.05) is 36.4 Å². The zero-order valence-electron chi connectivity index (χ0n) is 14.2. The minimum Gasteiger partial charge on any atom is -0.271 e. The number of nitrogens with zero attached hydrogens (tertiary/aromatic N) is 4. The SMILES string of the molecule is CCc1ccc(CN2N=N[C@@H]3C(=O)N(c4ccc(F)cc4)C(=O)[C@@H]32)cc1. The molecule has 0 spiro atoms. The van der Waals surface area contributed by atoms with Gasteiger partial charge >= 0.3 is 0 Å². The van der Waals surface area contributed by atoms with Crippen LogP contribution in [0.2, 0.25) is 0 Å². The number of benzene rings is 2. The minimum atomic E-state index is -0.845. The maximum atomic E-state index is 13.1. The van der Waals surface area contributed by atoms with Crippen molar-refractivity contribution in [3.8, 4) is 0 Å². The molecule has 0 radical (unpaired) electrons. The highest BCUT2D eigenvalue weighted by Gasteiger charge is 2.54. The Labute approximate surface area is 149 Å². The molecule has 0 unspecified atom stereocenters. The Hall–Kier alpha value is -3.09. The largest absolute Gasteiger partial charge is 0.271 e. The van der Waals surface area contributed by atoms with E-state index < -0.39 is 23.8 Å². The Morgan fingerprint density at radius 3 is 2.27 bits per heavy atom. The molecule has 2 aliphatic heterocycles. The summed E-state index contributed by atoms with van der Waals surface area (Å²) in [5.74, 6) is -1.24.